The minimum absolute atomic E-state index is 0.462. The smallest absolute Gasteiger partial charge is 0.207 e. The lowest BCUT2D eigenvalue weighted by atomic mass is 11.5. The number of hydrogen-bond donors (Lipinski definition) is 0. The molecule has 6 heavy (non-hydrogen) atoms. The van der Waals surface area contributed by atoms with E-state index in [1.165, 1.54) is 0 Å². The largest absolute Gasteiger partial charge is 0.339 e. The summed E-state index contributed by atoms with van der Waals surface area (Å²) in [6, 6.07) is 0. The first-order valence-electron chi connectivity index (χ1n) is 1.80. The fourth-order valence-corrected chi connectivity index (χ4v) is 0.707. The van der Waals surface area contributed by atoms with Crippen LogP contribution in [0, 0.1) is 0 Å². The summed E-state index contributed by atoms with van der Waals surface area (Å²) in [7, 11) is 2.19. The second kappa shape index (κ2) is 3.50. The molecule has 0 saturated carbocycles. The van der Waals surface area contributed by atoms with Gasteiger partial charge in [0.05, 0.1) is 12.5 Å². The van der Waals surface area contributed by atoms with Crippen LogP contribution in [0.3, 0.4) is 0 Å². The minimum Gasteiger partial charge on any atom is -0.339 e. The topological polar surface area (TPSA) is 9.23 Å². The third-order valence-electron chi connectivity index (χ3n) is 0.354. The molecule has 0 heterocycles. The van der Waals surface area contributed by atoms with Crippen molar-refractivity contribution < 1.29 is 4.74 Å². The molecule has 0 radical (unpaired) electrons. The first kappa shape index (κ1) is 6.31. The van der Waals surface area contributed by atoms with Crippen LogP contribution in [0.1, 0.15) is 0 Å². The monoisotopic (exact) mass is 107 g/mol. The SMILES string of the molecule is COC[S+](C)C. The summed E-state index contributed by atoms with van der Waals surface area (Å²) in [4.78, 5) is 0. The summed E-state index contributed by atoms with van der Waals surface area (Å²) in [5.74, 6) is 0.903. The molecule has 0 unspecified atom stereocenters. The molecule has 0 aliphatic heterocycles. The normalized spacial score (nSPS) is 10.0. The quantitative estimate of drug-likeness (QED) is 0.466. The third kappa shape index (κ3) is 4.31. The van der Waals surface area contributed by atoms with Gasteiger partial charge in [0.1, 0.15) is 0 Å². The van der Waals surface area contributed by atoms with Crippen molar-refractivity contribution in [3.8, 4) is 0 Å². The Kier molecular flexibility index (Phi) is 3.68. The van der Waals surface area contributed by atoms with E-state index in [2.05, 4.69) is 12.5 Å². The Morgan fingerprint density at radius 2 is 2.00 bits per heavy atom. The van der Waals surface area contributed by atoms with Gasteiger partial charge < -0.3 is 4.74 Å². The van der Waals surface area contributed by atoms with Crippen LogP contribution >= 0.6 is 0 Å². The van der Waals surface area contributed by atoms with E-state index in [4.69, 9.17) is 4.74 Å². The molecule has 0 aromatic rings. The maximum absolute atomic E-state index is 4.82. The van der Waals surface area contributed by atoms with E-state index in [-0.39, 0.29) is 0 Å². The molecule has 1 nitrogen and oxygen atoms in total. The van der Waals surface area contributed by atoms with Crippen LogP contribution in [-0.2, 0) is 15.6 Å². The fraction of sp³-hybridized carbons (Fsp3) is 1.00. The number of ether oxygens (including phenoxy) is 1. The highest BCUT2D eigenvalue weighted by Crippen LogP contribution is 1.80. The van der Waals surface area contributed by atoms with Gasteiger partial charge >= 0.3 is 0 Å². The predicted octanol–water partition coefficient (Wildman–Crippen LogP) is 0.468. The Morgan fingerprint density at radius 1 is 1.50 bits per heavy atom. The van der Waals surface area contributed by atoms with Gasteiger partial charge in [-0.25, -0.2) is 0 Å². The molecule has 0 rings (SSSR count). The molecule has 38 valence electrons. The van der Waals surface area contributed by atoms with Crippen molar-refractivity contribution in [3.63, 3.8) is 0 Å². The fourth-order valence-electron chi connectivity index (χ4n) is 0.236. The summed E-state index contributed by atoms with van der Waals surface area (Å²) in [6.07, 6.45) is 4.31. The summed E-state index contributed by atoms with van der Waals surface area (Å²) in [5.41, 5.74) is 0. The van der Waals surface area contributed by atoms with Gasteiger partial charge in [-0.3, -0.25) is 0 Å². The lowest BCUT2D eigenvalue weighted by molar-refractivity contribution is 0.257. The van der Waals surface area contributed by atoms with E-state index in [0.717, 1.165) is 5.94 Å². The molecule has 0 amide bonds. The van der Waals surface area contributed by atoms with Crippen LogP contribution in [0.5, 0.6) is 0 Å². The molecule has 2 heteroatoms. The maximum Gasteiger partial charge on any atom is 0.207 e. The minimum atomic E-state index is 0.462. The Bertz CT molecular complexity index is 28.7. The highest BCUT2D eigenvalue weighted by atomic mass is 32.2. The van der Waals surface area contributed by atoms with E-state index >= 15 is 0 Å². The summed E-state index contributed by atoms with van der Waals surface area (Å²) in [5, 5.41) is 0. The van der Waals surface area contributed by atoms with E-state index in [1.807, 2.05) is 0 Å². The predicted molar refractivity (Wildman–Crippen MR) is 31.1 cm³/mol. The Hall–Kier alpha value is 0.310. The van der Waals surface area contributed by atoms with Gasteiger partial charge in [0.15, 0.2) is 0 Å². The van der Waals surface area contributed by atoms with E-state index < -0.39 is 0 Å². The van der Waals surface area contributed by atoms with Gasteiger partial charge in [-0.1, -0.05) is 0 Å². The van der Waals surface area contributed by atoms with Crippen molar-refractivity contribution >= 4 is 10.9 Å². The Labute approximate surface area is 42.0 Å². The molecule has 0 aliphatic carbocycles. The van der Waals surface area contributed by atoms with Gasteiger partial charge in [0.25, 0.3) is 0 Å². The zero-order chi connectivity index (χ0) is 4.99. The second-order valence-corrected chi connectivity index (χ2v) is 3.60. The standard InChI is InChI=1S/C4H11OS/c1-5-4-6(2)3/h4H2,1-3H3/q+1. The summed E-state index contributed by atoms with van der Waals surface area (Å²) < 4.78 is 4.82. The van der Waals surface area contributed by atoms with Gasteiger partial charge in [-0.05, 0) is 0 Å². The third-order valence-corrected chi connectivity index (χ3v) is 1.06. The molecule has 0 spiro atoms. The van der Waals surface area contributed by atoms with Crippen molar-refractivity contribution in [2.75, 3.05) is 25.6 Å². The molecule has 0 saturated heterocycles. The van der Waals surface area contributed by atoms with Crippen molar-refractivity contribution in [2.45, 2.75) is 0 Å². The van der Waals surface area contributed by atoms with Crippen molar-refractivity contribution in [2.24, 2.45) is 0 Å². The number of methoxy groups -OCH3 is 1. The van der Waals surface area contributed by atoms with Crippen LogP contribution in [0.2, 0.25) is 0 Å². The molecular formula is C4H11OS+. The van der Waals surface area contributed by atoms with Crippen molar-refractivity contribution in [3.05, 3.63) is 0 Å². The molecule has 0 N–H and O–H groups in total. The van der Waals surface area contributed by atoms with Crippen molar-refractivity contribution in [1.82, 2.24) is 0 Å². The molecule has 0 aromatic heterocycles. The van der Waals surface area contributed by atoms with Crippen LogP contribution < -0.4 is 0 Å². The first-order chi connectivity index (χ1) is 2.77. The second-order valence-electron chi connectivity index (χ2n) is 1.39. The van der Waals surface area contributed by atoms with Gasteiger partial charge in [0.2, 0.25) is 5.94 Å². The Balaban J connectivity index is 2.63. The molecule has 0 atom stereocenters. The van der Waals surface area contributed by atoms with Crippen molar-refractivity contribution in [1.29, 1.82) is 0 Å². The van der Waals surface area contributed by atoms with E-state index in [9.17, 15) is 0 Å². The first-order valence-corrected chi connectivity index (χ1v) is 4.01. The molecule has 0 aromatic carbocycles. The average molecular weight is 107 g/mol. The highest BCUT2D eigenvalue weighted by molar-refractivity contribution is 7.95. The molecule has 0 bridgehead atoms. The summed E-state index contributed by atoms with van der Waals surface area (Å²) in [6.45, 7) is 0. The molecule has 0 fully saturated rings. The molecule has 0 aliphatic rings. The van der Waals surface area contributed by atoms with Gasteiger partial charge in [-0.2, -0.15) is 0 Å². The van der Waals surface area contributed by atoms with Gasteiger partial charge in [-0.15, -0.1) is 0 Å². The maximum atomic E-state index is 4.82. The zero-order valence-electron chi connectivity index (χ0n) is 4.52. The van der Waals surface area contributed by atoms with Gasteiger partial charge in [0, 0.05) is 18.0 Å². The van der Waals surface area contributed by atoms with Crippen LogP contribution in [0.4, 0.5) is 0 Å². The lowest BCUT2D eigenvalue weighted by Gasteiger charge is -1.89. The highest BCUT2D eigenvalue weighted by Gasteiger charge is 1.95. The van der Waals surface area contributed by atoms with E-state index in [1.54, 1.807) is 7.11 Å². The molecular weight excluding hydrogens is 96.1 g/mol. The van der Waals surface area contributed by atoms with Crippen LogP contribution in [0.15, 0.2) is 0 Å². The number of hydrogen-bond acceptors (Lipinski definition) is 1. The summed E-state index contributed by atoms with van der Waals surface area (Å²) >= 11 is 0. The van der Waals surface area contributed by atoms with Crippen LogP contribution in [0.25, 0.3) is 0 Å². The number of rotatable bonds is 2. The lowest BCUT2D eigenvalue weighted by Crippen LogP contribution is -2.02. The Morgan fingerprint density at radius 3 is 2.00 bits per heavy atom. The van der Waals surface area contributed by atoms with E-state index in [0.29, 0.717) is 10.9 Å². The zero-order valence-corrected chi connectivity index (χ0v) is 5.34. The average Bonchev–Trinajstić information content (AvgIpc) is 1.35. The van der Waals surface area contributed by atoms with Crippen LogP contribution in [-0.4, -0.2) is 25.6 Å².